The number of Topliss-reactive ketones (excluding diaryl/α,β-unsaturated/α-hetero) is 1. The van der Waals surface area contributed by atoms with Gasteiger partial charge in [0.2, 0.25) is 0 Å². The lowest BCUT2D eigenvalue weighted by Gasteiger charge is -2.28. The number of benzene rings is 2. The van der Waals surface area contributed by atoms with E-state index in [9.17, 15) is 14.4 Å². The second kappa shape index (κ2) is 14.2. The summed E-state index contributed by atoms with van der Waals surface area (Å²) in [6, 6.07) is 11.8. The van der Waals surface area contributed by atoms with Gasteiger partial charge in [-0.3, -0.25) is 4.79 Å². The van der Waals surface area contributed by atoms with Gasteiger partial charge < -0.3 is 19.1 Å². The van der Waals surface area contributed by atoms with Gasteiger partial charge in [-0.15, -0.1) is 11.8 Å². The summed E-state index contributed by atoms with van der Waals surface area (Å²) in [6.07, 6.45) is 6.23. The molecular formula is C35H47NO6S. The highest BCUT2D eigenvalue weighted by Gasteiger charge is 2.41. The first kappa shape index (κ1) is 32.9. The Bertz CT molecular complexity index is 1270. The van der Waals surface area contributed by atoms with Crippen LogP contribution in [0.3, 0.4) is 0 Å². The number of thioether (sulfide) groups is 1. The van der Waals surface area contributed by atoms with Gasteiger partial charge in [-0.1, -0.05) is 31.2 Å². The van der Waals surface area contributed by atoms with Crippen LogP contribution < -0.4 is 4.74 Å². The molecule has 1 heterocycles. The van der Waals surface area contributed by atoms with Crippen LogP contribution in [0.15, 0.2) is 41.3 Å². The molecule has 2 aromatic carbocycles. The predicted octanol–water partition coefficient (Wildman–Crippen LogP) is 7.43. The first-order valence-corrected chi connectivity index (χ1v) is 16.7. The number of carbonyl (C=O) groups is 3. The maximum Gasteiger partial charge on any atom is 0.410 e. The summed E-state index contributed by atoms with van der Waals surface area (Å²) in [5.74, 6) is 0.577. The SMILES string of the molecule is CCOC(=O)C(C)(C)Oc1c(C)cc(C[C@H]2CN(C(=O)OC3CCC(C)CC3)C[C@@H]2C(=O)c2ccc(SC)cc2)cc1C. The fourth-order valence-corrected chi connectivity index (χ4v) is 6.69. The number of hydrogen-bond donors (Lipinski definition) is 0. The van der Waals surface area contributed by atoms with Gasteiger partial charge in [-0.25, -0.2) is 9.59 Å². The van der Waals surface area contributed by atoms with Gasteiger partial charge in [0.25, 0.3) is 0 Å². The van der Waals surface area contributed by atoms with Crippen LogP contribution in [0, 0.1) is 31.6 Å². The molecule has 0 spiro atoms. The van der Waals surface area contributed by atoms with Crippen molar-refractivity contribution < 1.29 is 28.6 Å². The van der Waals surface area contributed by atoms with Crippen molar-refractivity contribution in [2.75, 3.05) is 26.0 Å². The lowest BCUT2D eigenvalue weighted by molar-refractivity contribution is -0.158. The highest BCUT2D eigenvalue weighted by Crippen LogP contribution is 2.35. The van der Waals surface area contributed by atoms with Crippen molar-refractivity contribution in [3.8, 4) is 5.75 Å². The summed E-state index contributed by atoms with van der Waals surface area (Å²) in [6.45, 7) is 12.5. The Morgan fingerprint density at radius 1 is 0.977 bits per heavy atom. The highest BCUT2D eigenvalue weighted by atomic mass is 32.2. The molecule has 2 atom stereocenters. The fraction of sp³-hybridized carbons (Fsp3) is 0.571. The molecule has 1 saturated carbocycles. The van der Waals surface area contributed by atoms with Crippen molar-refractivity contribution in [3.63, 3.8) is 0 Å². The molecule has 1 amide bonds. The summed E-state index contributed by atoms with van der Waals surface area (Å²) in [4.78, 5) is 42.4. The van der Waals surface area contributed by atoms with E-state index in [1.54, 1.807) is 37.4 Å². The van der Waals surface area contributed by atoms with E-state index in [-0.39, 0.29) is 36.4 Å². The van der Waals surface area contributed by atoms with E-state index in [2.05, 4.69) is 19.1 Å². The van der Waals surface area contributed by atoms with E-state index in [1.807, 2.05) is 44.4 Å². The number of esters is 1. The molecule has 0 bridgehead atoms. The van der Waals surface area contributed by atoms with E-state index in [4.69, 9.17) is 14.2 Å². The Hall–Kier alpha value is -3.00. The van der Waals surface area contributed by atoms with Crippen molar-refractivity contribution in [1.82, 2.24) is 4.90 Å². The quantitative estimate of drug-likeness (QED) is 0.157. The zero-order valence-corrected chi connectivity index (χ0v) is 27.6. The second-order valence-electron chi connectivity index (χ2n) is 12.7. The smallest absolute Gasteiger partial charge is 0.410 e. The van der Waals surface area contributed by atoms with Crippen molar-refractivity contribution in [1.29, 1.82) is 0 Å². The molecule has 2 fully saturated rings. The maximum absolute atomic E-state index is 13.9. The topological polar surface area (TPSA) is 82.1 Å². The molecule has 2 aliphatic rings. The van der Waals surface area contributed by atoms with Crippen molar-refractivity contribution in [2.45, 2.75) is 90.2 Å². The van der Waals surface area contributed by atoms with Gasteiger partial charge in [0.05, 0.1) is 6.61 Å². The van der Waals surface area contributed by atoms with Crippen molar-refractivity contribution in [2.24, 2.45) is 17.8 Å². The lowest BCUT2D eigenvalue weighted by atomic mass is 9.84. The van der Waals surface area contributed by atoms with Crippen molar-refractivity contribution >= 4 is 29.6 Å². The Morgan fingerprint density at radius 2 is 1.60 bits per heavy atom. The predicted molar refractivity (Wildman–Crippen MR) is 170 cm³/mol. The number of rotatable bonds is 10. The molecule has 0 unspecified atom stereocenters. The van der Waals surface area contributed by atoms with E-state index < -0.39 is 11.6 Å². The minimum Gasteiger partial charge on any atom is -0.476 e. The van der Waals surface area contributed by atoms with Crippen LogP contribution in [0.1, 0.15) is 80.4 Å². The highest BCUT2D eigenvalue weighted by molar-refractivity contribution is 7.98. The monoisotopic (exact) mass is 609 g/mol. The molecule has 2 aromatic rings. The molecule has 1 aliphatic carbocycles. The van der Waals surface area contributed by atoms with Gasteiger partial charge >= 0.3 is 12.1 Å². The average molecular weight is 610 g/mol. The number of aryl methyl sites for hydroxylation is 2. The van der Waals surface area contributed by atoms with Gasteiger partial charge in [-0.2, -0.15) is 0 Å². The second-order valence-corrected chi connectivity index (χ2v) is 13.6. The van der Waals surface area contributed by atoms with Gasteiger partial charge in [0, 0.05) is 29.5 Å². The van der Waals surface area contributed by atoms with Crippen LogP contribution in [0.25, 0.3) is 0 Å². The number of ketones is 1. The number of nitrogens with zero attached hydrogens (tertiary/aromatic N) is 1. The Labute approximate surface area is 261 Å². The number of carbonyl (C=O) groups excluding carboxylic acids is 3. The largest absolute Gasteiger partial charge is 0.476 e. The Kier molecular flexibility index (Phi) is 10.9. The van der Waals surface area contributed by atoms with Crippen LogP contribution in [-0.2, 0) is 20.7 Å². The average Bonchev–Trinajstić information content (AvgIpc) is 3.40. The lowest BCUT2D eigenvalue weighted by Crippen LogP contribution is -2.40. The first-order chi connectivity index (χ1) is 20.4. The maximum atomic E-state index is 13.9. The molecule has 0 radical (unpaired) electrons. The molecular weight excluding hydrogens is 562 g/mol. The van der Waals surface area contributed by atoms with Crippen LogP contribution >= 0.6 is 11.8 Å². The van der Waals surface area contributed by atoms with E-state index in [0.717, 1.165) is 47.3 Å². The van der Waals surface area contributed by atoms with Gasteiger partial charge in [0.15, 0.2) is 11.4 Å². The van der Waals surface area contributed by atoms with Gasteiger partial charge in [-0.05, 0) is 114 Å². The number of hydrogen-bond acceptors (Lipinski definition) is 7. The summed E-state index contributed by atoms with van der Waals surface area (Å²) in [5.41, 5.74) is 2.42. The zero-order chi connectivity index (χ0) is 31.3. The minimum atomic E-state index is -1.13. The van der Waals surface area contributed by atoms with Crippen LogP contribution in [-0.4, -0.2) is 60.4 Å². The third kappa shape index (κ3) is 8.14. The summed E-state index contributed by atoms with van der Waals surface area (Å²) >= 11 is 1.64. The molecule has 8 heteroatoms. The molecule has 1 aliphatic heterocycles. The number of ether oxygens (including phenoxy) is 3. The normalized spacial score (nSPS) is 22.3. The standard InChI is InChI=1S/C35H47NO6S/c1-8-40-33(38)35(5,6)42-32-23(3)17-25(18-24(32)4)19-27-20-36(34(39)41-28-13-9-22(2)10-14-28)21-30(27)31(37)26-11-15-29(43-7)16-12-26/h11-12,15-18,22,27-28,30H,8-10,13-14,19-21H2,1-7H3/t22?,27-,28?,30-/m0/s1. The fourth-order valence-electron chi connectivity index (χ4n) is 6.28. The molecule has 4 rings (SSSR count). The molecule has 0 N–H and O–H groups in total. The Morgan fingerprint density at radius 3 is 2.19 bits per heavy atom. The summed E-state index contributed by atoms with van der Waals surface area (Å²) in [5, 5.41) is 0. The molecule has 43 heavy (non-hydrogen) atoms. The van der Waals surface area contributed by atoms with Crippen molar-refractivity contribution in [3.05, 3.63) is 58.7 Å². The van der Waals surface area contributed by atoms with Crippen LogP contribution in [0.5, 0.6) is 5.75 Å². The summed E-state index contributed by atoms with van der Waals surface area (Å²) < 4.78 is 17.3. The van der Waals surface area contributed by atoms with Crippen LogP contribution in [0.2, 0.25) is 0 Å². The minimum absolute atomic E-state index is 0.0484. The third-order valence-electron chi connectivity index (χ3n) is 8.78. The molecule has 234 valence electrons. The van der Waals surface area contributed by atoms with Crippen LogP contribution in [0.4, 0.5) is 4.79 Å². The van der Waals surface area contributed by atoms with Gasteiger partial charge in [0.1, 0.15) is 11.9 Å². The first-order valence-electron chi connectivity index (χ1n) is 15.5. The Balaban J connectivity index is 1.54. The summed E-state index contributed by atoms with van der Waals surface area (Å²) in [7, 11) is 0. The van der Waals surface area contributed by atoms with E-state index in [1.165, 1.54) is 0 Å². The number of amides is 1. The number of likely N-dealkylation sites (tertiary alicyclic amines) is 1. The molecule has 0 aromatic heterocycles. The zero-order valence-electron chi connectivity index (χ0n) is 26.7. The van der Waals surface area contributed by atoms with E-state index >= 15 is 0 Å². The third-order valence-corrected chi connectivity index (χ3v) is 9.53. The van der Waals surface area contributed by atoms with E-state index in [0.29, 0.717) is 36.7 Å². The molecule has 7 nitrogen and oxygen atoms in total. The molecule has 1 saturated heterocycles.